The molecule has 0 bridgehead atoms. The molecule has 0 saturated heterocycles. The SMILES string of the molecule is Cc1ccc(NC(=O)CC(=O)NN=Cc2cc(Cl)ccc2OCc2ccccc2Cl)cc1Cl. The highest BCUT2D eigenvalue weighted by atomic mass is 35.5. The fourth-order valence-corrected chi connectivity index (χ4v) is 3.31. The van der Waals surface area contributed by atoms with Crippen LogP contribution in [0.3, 0.4) is 0 Å². The van der Waals surface area contributed by atoms with Gasteiger partial charge in [-0.15, -0.1) is 0 Å². The molecule has 0 heterocycles. The summed E-state index contributed by atoms with van der Waals surface area (Å²) in [5.41, 5.74) is 5.09. The van der Waals surface area contributed by atoms with Crippen molar-refractivity contribution in [1.82, 2.24) is 5.43 Å². The van der Waals surface area contributed by atoms with Gasteiger partial charge in [0, 0.05) is 31.9 Å². The highest BCUT2D eigenvalue weighted by Crippen LogP contribution is 2.24. The molecule has 0 aliphatic heterocycles. The third-order valence-electron chi connectivity index (χ3n) is 4.48. The molecule has 0 atom stereocenters. The Hall–Kier alpha value is -3.06. The maximum atomic E-state index is 12.1. The van der Waals surface area contributed by atoms with Crippen molar-refractivity contribution in [2.24, 2.45) is 5.10 Å². The normalized spacial score (nSPS) is 10.8. The Morgan fingerprint density at radius 1 is 0.970 bits per heavy atom. The van der Waals surface area contributed by atoms with Crippen LogP contribution in [0.4, 0.5) is 5.69 Å². The van der Waals surface area contributed by atoms with Gasteiger partial charge in [0.15, 0.2) is 0 Å². The van der Waals surface area contributed by atoms with Gasteiger partial charge in [-0.3, -0.25) is 9.59 Å². The Balaban J connectivity index is 1.57. The molecular formula is C24H20Cl3N3O3. The number of ether oxygens (including phenoxy) is 1. The molecule has 0 saturated carbocycles. The largest absolute Gasteiger partial charge is 0.488 e. The lowest BCUT2D eigenvalue weighted by molar-refractivity contribution is -0.126. The van der Waals surface area contributed by atoms with Crippen molar-refractivity contribution in [3.63, 3.8) is 0 Å². The Morgan fingerprint density at radius 3 is 2.52 bits per heavy atom. The quantitative estimate of drug-likeness (QED) is 0.224. The molecule has 6 nitrogen and oxygen atoms in total. The van der Waals surface area contributed by atoms with Gasteiger partial charge in [-0.25, -0.2) is 5.43 Å². The predicted octanol–water partition coefficient (Wildman–Crippen LogP) is 6.01. The molecule has 3 rings (SSSR count). The zero-order chi connectivity index (χ0) is 23.8. The first-order valence-electron chi connectivity index (χ1n) is 9.85. The maximum Gasteiger partial charge on any atom is 0.249 e. The van der Waals surface area contributed by atoms with E-state index in [2.05, 4.69) is 15.8 Å². The van der Waals surface area contributed by atoms with Crippen LogP contribution >= 0.6 is 34.8 Å². The third-order valence-corrected chi connectivity index (χ3v) is 5.49. The number of carbonyl (C=O) groups is 2. The van der Waals surface area contributed by atoms with Gasteiger partial charge in [-0.2, -0.15) is 5.10 Å². The average molecular weight is 505 g/mol. The molecule has 0 aliphatic carbocycles. The maximum absolute atomic E-state index is 12.1. The molecule has 33 heavy (non-hydrogen) atoms. The number of hydrogen-bond donors (Lipinski definition) is 2. The van der Waals surface area contributed by atoms with Crippen LogP contribution in [0, 0.1) is 6.92 Å². The molecule has 0 fully saturated rings. The highest BCUT2D eigenvalue weighted by molar-refractivity contribution is 6.32. The van der Waals surface area contributed by atoms with E-state index in [9.17, 15) is 9.59 Å². The summed E-state index contributed by atoms with van der Waals surface area (Å²) in [6, 6.07) is 17.5. The van der Waals surface area contributed by atoms with Gasteiger partial charge >= 0.3 is 0 Å². The number of nitrogens with zero attached hydrogens (tertiary/aromatic N) is 1. The van der Waals surface area contributed by atoms with Crippen LogP contribution in [0.15, 0.2) is 65.8 Å². The minimum absolute atomic E-state index is 0.248. The summed E-state index contributed by atoms with van der Waals surface area (Å²) in [4.78, 5) is 24.2. The number of benzene rings is 3. The number of halogens is 3. The number of aryl methyl sites for hydroxylation is 1. The van der Waals surface area contributed by atoms with Crippen LogP contribution in [0.5, 0.6) is 5.75 Å². The van der Waals surface area contributed by atoms with Gasteiger partial charge in [0.25, 0.3) is 0 Å². The van der Waals surface area contributed by atoms with Crippen molar-refractivity contribution in [2.75, 3.05) is 5.32 Å². The molecule has 0 aromatic heterocycles. The molecule has 0 aliphatic rings. The van der Waals surface area contributed by atoms with Gasteiger partial charge < -0.3 is 10.1 Å². The molecule has 0 spiro atoms. The summed E-state index contributed by atoms with van der Waals surface area (Å²) >= 11 is 18.3. The van der Waals surface area contributed by atoms with E-state index < -0.39 is 18.2 Å². The highest BCUT2D eigenvalue weighted by Gasteiger charge is 2.10. The van der Waals surface area contributed by atoms with E-state index in [0.717, 1.165) is 11.1 Å². The second kappa shape index (κ2) is 11.7. The molecule has 170 valence electrons. The van der Waals surface area contributed by atoms with Gasteiger partial charge in [0.2, 0.25) is 11.8 Å². The van der Waals surface area contributed by atoms with Crippen LogP contribution in [0.2, 0.25) is 15.1 Å². The second-order valence-electron chi connectivity index (χ2n) is 7.04. The van der Waals surface area contributed by atoms with E-state index in [1.807, 2.05) is 25.1 Å². The minimum atomic E-state index is -0.581. The molecule has 3 aromatic carbocycles. The fraction of sp³-hybridized carbons (Fsp3) is 0.125. The van der Waals surface area contributed by atoms with E-state index in [1.165, 1.54) is 6.21 Å². The van der Waals surface area contributed by atoms with Gasteiger partial charge in [-0.05, 0) is 48.9 Å². The number of amides is 2. The number of hydrazone groups is 1. The molecule has 9 heteroatoms. The first kappa shape index (κ1) is 24.6. The second-order valence-corrected chi connectivity index (χ2v) is 8.30. The summed E-state index contributed by atoms with van der Waals surface area (Å²) in [6.45, 7) is 2.10. The van der Waals surface area contributed by atoms with Crippen LogP contribution in [-0.2, 0) is 16.2 Å². The minimum Gasteiger partial charge on any atom is -0.488 e. The number of hydrogen-bond acceptors (Lipinski definition) is 4. The Morgan fingerprint density at radius 2 is 1.76 bits per heavy atom. The van der Waals surface area contributed by atoms with Gasteiger partial charge in [0.05, 0.1) is 6.21 Å². The zero-order valence-corrected chi connectivity index (χ0v) is 19.8. The molecule has 2 N–H and O–H groups in total. The molecule has 3 aromatic rings. The smallest absolute Gasteiger partial charge is 0.249 e. The van der Waals surface area contributed by atoms with E-state index >= 15 is 0 Å². The van der Waals surface area contributed by atoms with E-state index in [4.69, 9.17) is 39.5 Å². The summed E-state index contributed by atoms with van der Waals surface area (Å²) in [7, 11) is 0. The zero-order valence-electron chi connectivity index (χ0n) is 17.6. The number of rotatable bonds is 8. The van der Waals surface area contributed by atoms with Crippen LogP contribution in [0.25, 0.3) is 0 Å². The van der Waals surface area contributed by atoms with E-state index in [1.54, 1.807) is 42.5 Å². The average Bonchev–Trinajstić information content (AvgIpc) is 2.76. The van der Waals surface area contributed by atoms with Crippen LogP contribution < -0.4 is 15.5 Å². The number of carbonyl (C=O) groups excluding carboxylic acids is 2. The summed E-state index contributed by atoms with van der Waals surface area (Å²) in [5, 5.41) is 8.13. The fourth-order valence-electron chi connectivity index (χ4n) is 2.76. The van der Waals surface area contributed by atoms with Gasteiger partial charge in [0.1, 0.15) is 18.8 Å². The lowest BCUT2D eigenvalue weighted by Crippen LogP contribution is -2.24. The molecular weight excluding hydrogens is 485 g/mol. The monoisotopic (exact) mass is 503 g/mol. The number of anilines is 1. The molecule has 0 radical (unpaired) electrons. The standard InChI is InChI=1S/C24H20Cl3N3O3/c1-15-6-8-19(11-21(15)27)29-23(31)12-24(32)30-28-13-17-10-18(25)7-9-22(17)33-14-16-4-2-3-5-20(16)26/h2-11,13H,12,14H2,1H3,(H,29,31)(H,30,32). The van der Waals surface area contributed by atoms with E-state index in [0.29, 0.717) is 32.1 Å². The van der Waals surface area contributed by atoms with Crippen molar-refractivity contribution >= 4 is 58.5 Å². The van der Waals surface area contributed by atoms with E-state index in [-0.39, 0.29) is 6.61 Å². The van der Waals surface area contributed by atoms with Crippen molar-refractivity contribution in [1.29, 1.82) is 0 Å². The van der Waals surface area contributed by atoms with Crippen LogP contribution in [0.1, 0.15) is 23.1 Å². The molecule has 0 unspecified atom stereocenters. The predicted molar refractivity (Wildman–Crippen MR) is 132 cm³/mol. The van der Waals surface area contributed by atoms with Crippen molar-refractivity contribution in [3.05, 3.63) is 92.4 Å². The number of nitrogens with one attached hydrogen (secondary N) is 2. The summed E-state index contributed by atoms with van der Waals surface area (Å²) < 4.78 is 5.84. The topological polar surface area (TPSA) is 79.8 Å². The van der Waals surface area contributed by atoms with Gasteiger partial charge in [-0.1, -0.05) is 59.1 Å². The summed E-state index contributed by atoms with van der Waals surface area (Å²) in [5.74, 6) is -0.567. The first-order chi connectivity index (χ1) is 15.8. The van der Waals surface area contributed by atoms with Crippen molar-refractivity contribution in [3.8, 4) is 5.75 Å². The third kappa shape index (κ3) is 7.49. The van der Waals surface area contributed by atoms with Crippen molar-refractivity contribution in [2.45, 2.75) is 20.0 Å². The molecule has 2 amide bonds. The summed E-state index contributed by atoms with van der Waals surface area (Å²) in [6.07, 6.45) is 0.984. The van der Waals surface area contributed by atoms with Crippen molar-refractivity contribution < 1.29 is 14.3 Å². The van der Waals surface area contributed by atoms with Crippen LogP contribution in [-0.4, -0.2) is 18.0 Å². The lowest BCUT2D eigenvalue weighted by Gasteiger charge is -2.10. The Kier molecular flexibility index (Phi) is 8.72. The first-order valence-corrected chi connectivity index (χ1v) is 11.0. The Labute approximate surface area is 206 Å². The Bertz CT molecular complexity index is 1200. The lowest BCUT2D eigenvalue weighted by atomic mass is 10.2.